The fraction of sp³-hybridized carbons (Fsp3) is 0.429. The summed E-state index contributed by atoms with van der Waals surface area (Å²) in [7, 11) is 0. The predicted molar refractivity (Wildman–Crippen MR) is 66.4 cm³/mol. The van der Waals surface area contributed by atoms with Gasteiger partial charge in [-0.25, -0.2) is 4.79 Å². The van der Waals surface area contributed by atoms with Gasteiger partial charge in [0.15, 0.2) is 5.60 Å². The maximum absolute atomic E-state index is 11.9. The van der Waals surface area contributed by atoms with Crippen molar-refractivity contribution in [3.05, 3.63) is 35.4 Å². The first-order valence-corrected chi connectivity index (χ1v) is 6.30. The average molecular weight is 261 g/mol. The fourth-order valence-corrected chi connectivity index (χ4v) is 2.70. The minimum absolute atomic E-state index is 0.103. The van der Waals surface area contributed by atoms with Gasteiger partial charge in [0, 0.05) is 5.56 Å². The normalized spacial score (nSPS) is 20.7. The number of aliphatic hydroxyl groups excluding tert-OH is 1. The van der Waals surface area contributed by atoms with Crippen molar-refractivity contribution in [3.63, 3.8) is 0 Å². The molecular weight excluding hydrogens is 246 g/mol. The molecule has 0 radical (unpaired) electrons. The highest BCUT2D eigenvalue weighted by molar-refractivity contribution is 5.95. The summed E-state index contributed by atoms with van der Waals surface area (Å²) < 4.78 is 5.45. The van der Waals surface area contributed by atoms with E-state index in [-0.39, 0.29) is 18.5 Å². The number of fused-ring (bicyclic) bond motifs is 2. The van der Waals surface area contributed by atoms with Gasteiger partial charge in [-0.15, -0.1) is 0 Å². The molecule has 1 amide bonds. The SMILES string of the molecule is CC(CO)C(=O)N1CC2(C1)OC(=O)c1ccccc12. The molecule has 1 N–H and O–H groups in total. The molecule has 2 aliphatic rings. The van der Waals surface area contributed by atoms with Gasteiger partial charge in [0.05, 0.1) is 31.2 Å². The van der Waals surface area contributed by atoms with Gasteiger partial charge < -0.3 is 14.7 Å². The highest BCUT2D eigenvalue weighted by Gasteiger charge is 2.55. The van der Waals surface area contributed by atoms with E-state index in [9.17, 15) is 9.59 Å². The summed E-state index contributed by atoms with van der Waals surface area (Å²) in [5, 5.41) is 9.00. The molecule has 100 valence electrons. The van der Waals surface area contributed by atoms with Crippen LogP contribution in [0.25, 0.3) is 0 Å². The van der Waals surface area contributed by atoms with E-state index in [1.165, 1.54) is 0 Å². The first-order valence-electron chi connectivity index (χ1n) is 6.30. The molecule has 2 heterocycles. The Bertz CT molecular complexity index is 548. The van der Waals surface area contributed by atoms with Crippen molar-refractivity contribution in [1.29, 1.82) is 0 Å². The molecule has 1 unspecified atom stereocenters. The molecule has 2 aliphatic heterocycles. The van der Waals surface area contributed by atoms with Crippen LogP contribution in [-0.4, -0.2) is 41.6 Å². The van der Waals surface area contributed by atoms with E-state index >= 15 is 0 Å². The minimum Gasteiger partial charge on any atom is -0.447 e. The molecule has 1 aromatic carbocycles. The van der Waals surface area contributed by atoms with E-state index in [0.29, 0.717) is 18.7 Å². The number of esters is 1. The number of carbonyl (C=O) groups excluding carboxylic acids is 2. The second-order valence-corrected chi connectivity index (χ2v) is 5.21. The third-order valence-electron chi connectivity index (χ3n) is 3.83. The Hall–Kier alpha value is -1.88. The summed E-state index contributed by atoms with van der Waals surface area (Å²) in [6.45, 7) is 2.26. The number of hydrogen-bond acceptors (Lipinski definition) is 4. The third-order valence-corrected chi connectivity index (χ3v) is 3.83. The van der Waals surface area contributed by atoms with Crippen molar-refractivity contribution in [1.82, 2.24) is 4.90 Å². The molecule has 5 heteroatoms. The number of ether oxygens (including phenoxy) is 1. The summed E-state index contributed by atoms with van der Waals surface area (Å²) in [6, 6.07) is 7.28. The van der Waals surface area contributed by atoms with Gasteiger partial charge in [-0.3, -0.25) is 4.79 Å². The van der Waals surface area contributed by atoms with Gasteiger partial charge in [-0.05, 0) is 6.07 Å². The van der Waals surface area contributed by atoms with Crippen LogP contribution in [0.2, 0.25) is 0 Å². The zero-order valence-electron chi connectivity index (χ0n) is 10.6. The van der Waals surface area contributed by atoms with Gasteiger partial charge in [0.2, 0.25) is 5.91 Å². The molecule has 1 atom stereocenters. The number of carbonyl (C=O) groups is 2. The Labute approximate surface area is 110 Å². The summed E-state index contributed by atoms with van der Waals surface area (Å²) in [5.74, 6) is -0.837. The number of aliphatic hydroxyl groups is 1. The van der Waals surface area contributed by atoms with Crippen molar-refractivity contribution < 1.29 is 19.4 Å². The van der Waals surface area contributed by atoms with Crippen molar-refractivity contribution >= 4 is 11.9 Å². The zero-order valence-corrected chi connectivity index (χ0v) is 10.6. The maximum atomic E-state index is 11.9. The van der Waals surface area contributed by atoms with Crippen molar-refractivity contribution in [3.8, 4) is 0 Å². The summed E-state index contributed by atoms with van der Waals surface area (Å²) >= 11 is 0. The van der Waals surface area contributed by atoms with E-state index < -0.39 is 11.5 Å². The van der Waals surface area contributed by atoms with E-state index in [0.717, 1.165) is 5.56 Å². The molecule has 1 fully saturated rings. The van der Waals surface area contributed by atoms with E-state index in [1.807, 2.05) is 12.1 Å². The van der Waals surface area contributed by atoms with E-state index in [1.54, 1.807) is 24.0 Å². The van der Waals surface area contributed by atoms with Crippen LogP contribution in [0.15, 0.2) is 24.3 Å². The first kappa shape index (κ1) is 12.2. The molecule has 1 saturated heterocycles. The molecule has 0 bridgehead atoms. The van der Waals surface area contributed by atoms with Crippen LogP contribution in [-0.2, 0) is 15.1 Å². The van der Waals surface area contributed by atoms with Crippen LogP contribution in [0.1, 0.15) is 22.8 Å². The van der Waals surface area contributed by atoms with Crippen molar-refractivity contribution in [2.24, 2.45) is 5.92 Å². The van der Waals surface area contributed by atoms with Crippen LogP contribution < -0.4 is 0 Å². The van der Waals surface area contributed by atoms with Gasteiger partial charge in [-0.2, -0.15) is 0 Å². The molecule has 19 heavy (non-hydrogen) atoms. The number of nitrogens with zero attached hydrogens (tertiary/aromatic N) is 1. The third kappa shape index (κ3) is 1.65. The number of hydrogen-bond donors (Lipinski definition) is 1. The summed E-state index contributed by atoms with van der Waals surface area (Å²) in [5.41, 5.74) is 0.781. The highest BCUT2D eigenvalue weighted by Crippen LogP contribution is 2.43. The van der Waals surface area contributed by atoms with Crippen LogP contribution in [0.4, 0.5) is 0 Å². The lowest BCUT2D eigenvalue weighted by atomic mass is 9.84. The average Bonchev–Trinajstić information content (AvgIpc) is 2.69. The molecule has 1 aromatic rings. The Kier molecular flexibility index (Phi) is 2.60. The first-order chi connectivity index (χ1) is 9.07. The van der Waals surface area contributed by atoms with Gasteiger partial charge in [0.25, 0.3) is 0 Å². The molecule has 0 aliphatic carbocycles. The molecule has 3 rings (SSSR count). The standard InChI is InChI=1S/C14H15NO4/c1-9(6-16)12(17)15-7-14(8-15)11-5-3-2-4-10(11)13(18)19-14/h2-5,9,16H,6-8H2,1H3. The lowest BCUT2D eigenvalue weighted by Crippen LogP contribution is -2.62. The van der Waals surface area contributed by atoms with Gasteiger partial charge in [-0.1, -0.05) is 25.1 Å². The largest absolute Gasteiger partial charge is 0.447 e. The van der Waals surface area contributed by atoms with Crippen LogP contribution >= 0.6 is 0 Å². The smallest absolute Gasteiger partial charge is 0.339 e. The van der Waals surface area contributed by atoms with Crippen LogP contribution in [0.3, 0.4) is 0 Å². The molecular formula is C14H15NO4. The Morgan fingerprint density at radius 2 is 2.16 bits per heavy atom. The number of likely N-dealkylation sites (tertiary alicyclic amines) is 1. The van der Waals surface area contributed by atoms with E-state index in [2.05, 4.69) is 0 Å². The van der Waals surface area contributed by atoms with Crippen LogP contribution in [0.5, 0.6) is 0 Å². The quantitative estimate of drug-likeness (QED) is 0.788. The maximum Gasteiger partial charge on any atom is 0.339 e. The summed E-state index contributed by atoms with van der Waals surface area (Å²) in [4.78, 5) is 25.3. The number of benzene rings is 1. The minimum atomic E-state index is -0.668. The van der Waals surface area contributed by atoms with Gasteiger partial charge >= 0.3 is 5.97 Å². The molecule has 0 saturated carbocycles. The van der Waals surface area contributed by atoms with Crippen molar-refractivity contribution in [2.75, 3.05) is 19.7 Å². The Morgan fingerprint density at radius 3 is 2.84 bits per heavy atom. The lowest BCUT2D eigenvalue weighted by molar-refractivity contribution is -0.160. The Balaban J connectivity index is 1.80. The topological polar surface area (TPSA) is 66.8 Å². The van der Waals surface area contributed by atoms with Crippen LogP contribution in [0, 0.1) is 5.92 Å². The molecule has 5 nitrogen and oxygen atoms in total. The molecule has 1 spiro atoms. The second kappa shape index (κ2) is 4.06. The molecule has 0 aromatic heterocycles. The van der Waals surface area contributed by atoms with Crippen molar-refractivity contribution in [2.45, 2.75) is 12.5 Å². The second-order valence-electron chi connectivity index (χ2n) is 5.21. The monoisotopic (exact) mass is 261 g/mol. The zero-order chi connectivity index (χ0) is 13.6. The Morgan fingerprint density at radius 1 is 1.47 bits per heavy atom. The number of rotatable bonds is 2. The fourth-order valence-electron chi connectivity index (χ4n) is 2.70. The van der Waals surface area contributed by atoms with Gasteiger partial charge in [0.1, 0.15) is 0 Å². The summed E-state index contributed by atoms with van der Waals surface area (Å²) in [6.07, 6.45) is 0. The van der Waals surface area contributed by atoms with E-state index in [4.69, 9.17) is 9.84 Å². The lowest BCUT2D eigenvalue weighted by Gasteiger charge is -2.47. The number of amides is 1. The predicted octanol–water partition coefficient (Wildman–Crippen LogP) is 0.523. The highest BCUT2D eigenvalue weighted by atomic mass is 16.6.